The van der Waals surface area contributed by atoms with E-state index in [2.05, 4.69) is 38.7 Å². The molecule has 7 aliphatic rings. The Labute approximate surface area is 210 Å². The smallest absolute Gasteiger partial charge is 0.166 e. The number of hydrogen-bond acceptors (Lipinski definition) is 5. The van der Waals surface area contributed by atoms with Gasteiger partial charge >= 0.3 is 0 Å². The van der Waals surface area contributed by atoms with Crippen molar-refractivity contribution in [3.05, 3.63) is 23.3 Å². The number of benzene rings is 1. The maximum Gasteiger partial charge on any atom is 0.166 e. The van der Waals surface area contributed by atoms with Crippen LogP contribution in [0.3, 0.4) is 0 Å². The average Bonchev–Trinajstić information content (AvgIpc) is 3.56. The molecule has 7 atom stereocenters. The van der Waals surface area contributed by atoms with Gasteiger partial charge in [-0.1, -0.05) is 26.8 Å². The number of aromatic hydroxyl groups is 1. The number of nitrogens with zero attached hydrogens (tertiary/aromatic N) is 1. The molecule has 1 saturated heterocycles. The Morgan fingerprint density at radius 3 is 2.54 bits per heavy atom. The van der Waals surface area contributed by atoms with Crippen LogP contribution >= 0.6 is 0 Å². The van der Waals surface area contributed by atoms with Crippen LogP contribution in [0.4, 0.5) is 0 Å². The Morgan fingerprint density at radius 1 is 1.14 bits per heavy atom. The summed E-state index contributed by atoms with van der Waals surface area (Å²) in [6.07, 6.45) is 7.71. The highest BCUT2D eigenvalue weighted by Gasteiger charge is 2.86. The van der Waals surface area contributed by atoms with Crippen LogP contribution in [-0.4, -0.2) is 58.2 Å². The van der Waals surface area contributed by atoms with Gasteiger partial charge in [0.05, 0.1) is 11.0 Å². The van der Waals surface area contributed by atoms with Crippen molar-refractivity contribution >= 4 is 0 Å². The molecular formula is C30H43NO4. The van der Waals surface area contributed by atoms with Gasteiger partial charge in [-0.15, -0.1) is 0 Å². The van der Waals surface area contributed by atoms with Crippen LogP contribution in [0.25, 0.3) is 0 Å². The van der Waals surface area contributed by atoms with Crippen molar-refractivity contribution in [2.24, 2.45) is 22.7 Å². The number of rotatable bonds is 4. The van der Waals surface area contributed by atoms with Gasteiger partial charge in [0, 0.05) is 36.6 Å². The lowest BCUT2D eigenvalue weighted by Crippen LogP contribution is -2.87. The minimum atomic E-state index is -0.933. The molecule has 192 valence electrons. The summed E-state index contributed by atoms with van der Waals surface area (Å²) in [7, 11) is 1.83. The minimum Gasteiger partial charge on any atom is -0.504 e. The number of ether oxygens (including phenoxy) is 2. The van der Waals surface area contributed by atoms with Gasteiger partial charge in [-0.25, -0.2) is 0 Å². The molecule has 4 saturated carbocycles. The van der Waals surface area contributed by atoms with Crippen LogP contribution < -0.4 is 4.74 Å². The van der Waals surface area contributed by atoms with Gasteiger partial charge in [-0.05, 0) is 88.3 Å². The number of phenols is 1. The molecule has 5 aliphatic carbocycles. The van der Waals surface area contributed by atoms with E-state index in [0.29, 0.717) is 11.8 Å². The van der Waals surface area contributed by atoms with Crippen molar-refractivity contribution in [3.63, 3.8) is 0 Å². The Morgan fingerprint density at radius 2 is 1.89 bits per heavy atom. The molecule has 1 aromatic carbocycles. The van der Waals surface area contributed by atoms with Gasteiger partial charge in [0.25, 0.3) is 0 Å². The molecule has 5 nitrogen and oxygen atoms in total. The molecular weight excluding hydrogens is 438 g/mol. The van der Waals surface area contributed by atoms with E-state index in [1.807, 2.05) is 20.1 Å². The predicted octanol–water partition coefficient (Wildman–Crippen LogP) is 4.80. The second-order valence-electron chi connectivity index (χ2n) is 14.3. The zero-order chi connectivity index (χ0) is 24.8. The monoisotopic (exact) mass is 481 g/mol. The first-order valence-electron chi connectivity index (χ1n) is 13.9. The van der Waals surface area contributed by atoms with Crippen molar-refractivity contribution in [2.75, 3.05) is 20.2 Å². The van der Waals surface area contributed by atoms with Gasteiger partial charge in [-0.3, -0.25) is 4.90 Å². The summed E-state index contributed by atoms with van der Waals surface area (Å²) in [5, 5.41) is 23.4. The fraction of sp³-hybridized carbons (Fsp3) is 0.800. The molecule has 0 unspecified atom stereocenters. The summed E-state index contributed by atoms with van der Waals surface area (Å²) < 4.78 is 13.7. The molecule has 5 heteroatoms. The number of phenolic OH excluding ortho intramolecular Hbond substituents is 1. The molecule has 8 rings (SSSR count). The number of fused-ring (bicyclic) bond motifs is 2. The standard InChI is InChI=1S/C30H43NO4/c1-25(2,3)26(4,33)21-16-28-11-12-30(21,34-6)27(5)29(28)13-14-31(17-18-7-8-18)22(28)15-19-9-10-20(32)24(35-27)23(19)29/h9-10,18,21-22,32-33H,7-8,11-17H2,1-6H3/t21-,22-,26+,27+,28-,29+,30-/m1/s1. The zero-order valence-electron chi connectivity index (χ0n) is 22.4. The van der Waals surface area contributed by atoms with Crippen LogP contribution in [0, 0.1) is 22.7 Å². The highest BCUT2D eigenvalue weighted by molar-refractivity contribution is 5.65. The van der Waals surface area contributed by atoms with E-state index in [1.54, 1.807) is 0 Å². The molecule has 35 heavy (non-hydrogen) atoms. The van der Waals surface area contributed by atoms with E-state index in [9.17, 15) is 10.2 Å². The van der Waals surface area contributed by atoms with Gasteiger partial charge < -0.3 is 19.7 Å². The summed E-state index contributed by atoms with van der Waals surface area (Å²) in [6, 6.07) is 4.45. The number of methoxy groups -OCH3 is 1. The maximum atomic E-state index is 12.3. The third-order valence-electron chi connectivity index (χ3n) is 12.5. The first-order valence-corrected chi connectivity index (χ1v) is 13.9. The van der Waals surface area contributed by atoms with Crippen LogP contribution in [-0.2, 0) is 16.6 Å². The number of piperidine rings is 1. The minimum absolute atomic E-state index is 0.00111. The van der Waals surface area contributed by atoms with Crippen LogP contribution in [0.2, 0.25) is 0 Å². The van der Waals surface area contributed by atoms with E-state index in [1.165, 1.54) is 30.5 Å². The molecule has 0 aromatic heterocycles. The summed E-state index contributed by atoms with van der Waals surface area (Å²) in [5.41, 5.74) is -0.0893. The van der Waals surface area contributed by atoms with Gasteiger partial charge in [0.1, 0.15) is 11.2 Å². The van der Waals surface area contributed by atoms with Crippen molar-refractivity contribution in [2.45, 2.75) is 108 Å². The van der Waals surface area contributed by atoms with Gasteiger partial charge in [0.15, 0.2) is 11.5 Å². The fourth-order valence-corrected chi connectivity index (χ4v) is 10.2. The van der Waals surface area contributed by atoms with Crippen molar-refractivity contribution in [3.8, 4) is 11.5 Å². The molecule has 5 fully saturated rings. The Balaban J connectivity index is 1.51. The molecule has 1 aromatic rings. The van der Waals surface area contributed by atoms with Gasteiger partial charge in [0.2, 0.25) is 0 Å². The topological polar surface area (TPSA) is 62.2 Å². The molecule has 2 N–H and O–H groups in total. The maximum absolute atomic E-state index is 12.3. The normalized spacial score (nSPS) is 45.1. The SMILES string of the molecule is CO[C@]12CC[C@@]3(C[C@@H]1[C@](C)(O)C(C)(C)C)[C@H]1Cc4ccc(O)c5c4[C@@]3(CCN1CC1CC1)[C@]2(C)O5. The molecule has 2 spiro atoms. The molecule has 2 aliphatic heterocycles. The lowest BCUT2D eigenvalue weighted by Gasteiger charge is -2.78. The third kappa shape index (κ3) is 2.26. The van der Waals surface area contributed by atoms with E-state index in [4.69, 9.17) is 9.47 Å². The summed E-state index contributed by atoms with van der Waals surface area (Å²) >= 11 is 0. The number of aliphatic hydroxyl groups is 1. The highest BCUT2D eigenvalue weighted by Crippen LogP contribution is 2.81. The fourth-order valence-electron chi connectivity index (χ4n) is 10.2. The molecule has 0 radical (unpaired) electrons. The lowest BCUT2D eigenvalue weighted by atomic mass is 9.30. The van der Waals surface area contributed by atoms with E-state index in [-0.39, 0.29) is 27.9 Å². The van der Waals surface area contributed by atoms with E-state index in [0.717, 1.165) is 44.6 Å². The largest absolute Gasteiger partial charge is 0.504 e. The van der Waals surface area contributed by atoms with E-state index >= 15 is 0 Å². The van der Waals surface area contributed by atoms with E-state index < -0.39 is 16.8 Å². The first kappa shape index (κ1) is 22.9. The Kier molecular flexibility index (Phi) is 4.18. The second kappa shape index (κ2) is 6.39. The van der Waals surface area contributed by atoms with Crippen LogP contribution in [0.1, 0.15) is 84.3 Å². The molecule has 0 amide bonds. The first-order chi connectivity index (χ1) is 16.4. The van der Waals surface area contributed by atoms with Gasteiger partial charge in [-0.2, -0.15) is 0 Å². The summed E-state index contributed by atoms with van der Waals surface area (Å²) in [5.74, 6) is 1.74. The summed E-state index contributed by atoms with van der Waals surface area (Å²) in [6.45, 7) is 13.1. The summed E-state index contributed by atoms with van der Waals surface area (Å²) in [4.78, 5) is 2.82. The Hall–Kier alpha value is -1.30. The van der Waals surface area contributed by atoms with Crippen molar-refractivity contribution in [1.29, 1.82) is 0 Å². The number of hydrogen-bond donors (Lipinski definition) is 2. The van der Waals surface area contributed by atoms with Crippen molar-refractivity contribution < 1.29 is 19.7 Å². The quantitative estimate of drug-likeness (QED) is 0.647. The zero-order valence-corrected chi connectivity index (χ0v) is 22.4. The second-order valence-corrected chi connectivity index (χ2v) is 14.3. The van der Waals surface area contributed by atoms with Crippen LogP contribution in [0.5, 0.6) is 11.5 Å². The lowest BCUT2D eigenvalue weighted by molar-refractivity contribution is -0.345. The molecule has 2 heterocycles. The average molecular weight is 482 g/mol. The Bertz CT molecular complexity index is 1100. The third-order valence-corrected chi connectivity index (χ3v) is 12.5. The highest BCUT2D eigenvalue weighted by atomic mass is 16.6. The van der Waals surface area contributed by atoms with Crippen molar-refractivity contribution in [1.82, 2.24) is 4.90 Å². The number of likely N-dealkylation sites (tertiary alicyclic amines) is 1. The molecule has 4 bridgehead atoms. The predicted molar refractivity (Wildman–Crippen MR) is 135 cm³/mol. The van der Waals surface area contributed by atoms with Crippen LogP contribution in [0.15, 0.2) is 12.1 Å².